The van der Waals surface area contributed by atoms with Crippen LogP contribution < -0.4 is 4.90 Å². The molecule has 1 heterocycles. The van der Waals surface area contributed by atoms with Gasteiger partial charge in [0.2, 0.25) is 0 Å². The van der Waals surface area contributed by atoms with Crippen LogP contribution in [0.5, 0.6) is 0 Å². The van der Waals surface area contributed by atoms with Gasteiger partial charge in [-0.1, -0.05) is 6.07 Å². The zero-order chi connectivity index (χ0) is 14.8. The fourth-order valence-electron chi connectivity index (χ4n) is 2.66. The molecular weight excluding hydrogens is 264 g/mol. The van der Waals surface area contributed by atoms with Gasteiger partial charge in [0.15, 0.2) is 0 Å². The molecule has 0 amide bonds. The average Bonchev–Trinajstić information content (AvgIpc) is 2.54. The summed E-state index contributed by atoms with van der Waals surface area (Å²) in [5, 5.41) is 17.9. The third kappa shape index (κ3) is 2.59. The summed E-state index contributed by atoms with van der Waals surface area (Å²) >= 11 is 0. The van der Waals surface area contributed by atoms with E-state index >= 15 is 0 Å². The smallest absolute Gasteiger partial charge is 0.335 e. The molecule has 0 aromatic heterocycles. The van der Waals surface area contributed by atoms with Crippen LogP contribution >= 0.6 is 0 Å². The monoisotopic (exact) mass is 278 g/mol. The number of anilines is 1. The highest BCUT2D eigenvalue weighted by Gasteiger charge is 2.18. The zero-order valence-electron chi connectivity index (χ0n) is 11.4. The third-order valence-electron chi connectivity index (χ3n) is 3.83. The van der Waals surface area contributed by atoms with E-state index in [1.54, 1.807) is 24.3 Å². The fraction of sp³-hybridized carbons (Fsp3) is 0.176. The number of nitriles is 1. The quantitative estimate of drug-likeness (QED) is 0.917. The number of carbonyl (C=O) groups is 1. The van der Waals surface area contributed by atoms with Gasteiger partial charge < -0.3 is 10.0 Å². The summed E-state index contributed by atoms with van der Waals surface area (Å²) in [7, 11) is 0. The number of carboxylic acids is 1. The molecule has 4 heteroatoms. The molecule has 2 aromatic carbocycles. The van der Waals surface area contributed by atoms with E-state index in [4.69, 9.17) is 10.4 Å². The van der Waals surface area contributed by atoms with E-state index in [1.165, 1.54) is 5.56 Å². The van der Waals surface area contributed by atoms with Gasteiger partial charge in [0.1, 0.15) is 0 Å². The number of nitrogens with zero attached hydrogens (tertiary/aromatic N) is 2. The Morgan fingerprint density at radius 3 is 2.57 bits per heavy atom. The van der Waals surface area contributed by atoms with Crippen LogP contribution in [0, 0.1) is 11.3 Å². The van der Waals surface area contributed by atoms with Crippen molar-refractivity contribution in [3.05, 3.63) is 64.7 Å². The molecule has 0 bridgehead atoms. The Labute approximate surface area is 122 Å². The lowest BCUT2D eigenvalue weighted by atomic mass is 9.97. The van der Waals surface area contributed by atoms with Crippen molar-refractivity contribution < 1.29 is 9.90 Å². The van der Waals surface area contributed by atoms with Crippen LogP contribution in [0.3, 0.4) is 0 Å². The number of hydrogen-bond donors (Lipinski definition) is 1. The van der Waals surface area contributed by atoms with E-state index in [0.717, 1.165) is 24.2 Å². The lowest BCUT2D eigenvalue weighted by molar-refractivity contribution is 0.0696. The molecule has 3 rings (SSSR count). The topological polar surface area (TPSA) is 64.3 Å². The number of aromatic carboxylic acids is 1. The minimum atomic E-state index is -0.895. The van der Waals surface area contributed by atoms with Crippen LogP contribution in [0.25, 0.3) is 0 Å². The Hall–Kier alpha value is -2.80. The normalized spacial score (nSPS) is 13.4. The zero-order valence-corrected chi connectivity index (χ0v) is 11.4. The second kappa shape index (κ2) is 5.29. The largest absolute Gasteiger partial charge is 0.478 e. The molecule has 0 spiro atoms. The Morgan fingerprint density at radius 2 is 1.90 bits per heavy atom. The molecule has 1 aliphatic rings. The molecule has 0 aliphatic carbocycles. The highest BCUT2D eigenvalue weighted by Crippen LogP contribution is 2.25. The van der Waals surface area contributed by atoms with E-state index in [9.17, 15) is 4.79 Å². The predicted molar refractivity (Wildman–Crippen MR) is 79.3 cm³/mol. The van der Waals surface area contributed by atoms with Crippen molar-refractivity contribution in [1.82, 2.24) is 0 Å². The van der Waals surface area contributed by atoms with Gasteiger partial charge in [-0.15, -0.1) is 0 Å². The van der Waals surface area contributed by atoms with Crippen LogP contribution in [-0.2, 0) is 13.0 Å². The van der Waals surface area contributed by atoms with Crippen LogP contribution in [0.15, 0.2) is 42.5 Å². The molecule has 0 fully saturated rings. The van der Waals surface area contributed by atoms with Crippen molar-refractivity contribution in [1.29, 1.82) is 5.26 Å². The van der Waals surface area contributed by atoms with Gasteiger partial charge in [0.05, 0.1) is 17.2 Å². The molecule has 21 heavy (non-hydrogen) atoms. The Morgan fingerprint density at radius 1 is 1.14 bits per heavy atom. The molecule has 1 aliphatic heterocycles. The molecule has 0 saturated heterocycles. The van der Waals surface area contributed by atoms with E-state index < -0.39 is 5.97 Å². The average molecular weight is 278 g/mol. The first-order valence-corrected chi connectivity index (χ1v) is 6.77. The van der Waals surface area contributed by atoms with Gasteiger partial charge >= 0.3 is 5.97 Å². The Kier molecular flexibility index (Phi) is 3.33. The molecule has 104 valence electrons. The summed E-state index contributed by atoms with van der Waals surface area (Å²) in [6, 6.07) is 14.9. The second-order valence-electron chi connectivity index (χ2n) is 5.12. The van der Waals surface area contributed by atoms with Crippen LogP contribution in [0.2, 0.25) is 0 Å². The standard InChI is InChI=1S/C17H14N2O2/c18-10-12-1-5-16(6-2-12)19-8-7-13-3-4-14(17(20)21)9-15(13)11-19/h1-6,9H,7-8,11H2,(H,20,21). The van der Waals surface area contributed by atoms with Crippen molar-refractivity contribution in [3.63, 3.8) is 0 Å². The lowest BCUT2D eigenvalue weighted by Gasteiger charge is -2.31. The van der Waals surface area contributed by atoms with Crippen molar-refractivity contribution in [2.24, 2.45) is 0 Å². The number of rotatable bonds is 2. The van der Waals surface area contributed by atoms with Crippen LogP contribution in [0.4, 0.5) is 5.69 Å². The first-order valence-electron chi connectivity index (χ1n) is 6.77. The maximum atomic E-state index is 11.1. The minimum absolute atomic E-state index is 0.329. The molecule has 0 atom stereocenters. The molecule has 0 radical (unpaired) electrons. The van der Waals surface area contributed by atoms with Gasteiger partial charge in [-0.3, -0.25) is 0 Å². The van der Waals surface area contributed by atoms with E-state index in [1.807, 2.05) is 18.2 Å². The Bertz CT molecular complexity index is 729. The molecule has 0 unspecified atom stereocenters. The Balaban J connectivity index is 1.87. The number of hydrogen-bond acceptors (Lipinski definition) is 3. The number of fused-ring (bicyclic) bond motifs is 1. The van der Waals surface area contributed by atoms with Crippen molar-refractivity contribution in [2.75, 3.05) is 11.4 Å². The number of benzene rings is 2. The third-order valence-corrected chi connectivity index (χ3v) is 3.83. The SMILES string of the molecule is N#Cc1ccc(N2CCc3ccc(C(=O)O)cc3C2)cc1. The summed E-state index contributed by atoms with van der Waals surface area (Å²) in [4.78, 5) is 13.3. The van der Waals surface area contributed by atoms with Crippen LogP contribution in [0.1, 0.15) is 27.0 Å². The molecule has 4 nitrogen and oxygen atoms in total. The maximum absolute atomic E-state index is 11.1. The van der Waals surface area contributed by atoms with Gasteiger partial charge in [-0.25, -0.2) is 4.79 Å². The van der Waals surface area contributed by atoms with E-state index in [-0.39, 0.29) is 0 Å². The van der Waals surface area contributed by atoms with Gasteiger partial charge in [0, 0.05) is 18.8 Å². The first kappa shape index (κ1) is 13.2. The minimum Gasteiger partial charge on any atom is -0.478 e. The van der Waals surface area contributed by atoms with Crippen LogP contribution in [-0.4, -0.2) is 17.6 Å². The van der Waals surface area contributed by atoms with Crippen molar-refractivity contribution >= 4 is 11.7 Å². The summed E-state index contributed by atoms with van der Waals surface area (Å²) in [5.41, 5.74) is 4.30. The van der Waals surface area contributed by atoms with E-state index in [2.05, 4.69) is 11.0 Å². The van der Waals surface area contributed by atoms with E-state index in [0.29, 0.717) is 17.7 Å². The molecule has 0 saturated carbocycles. The summed E-state index contributed by atoms with van der Waals surface area (Å²) in [6.07, 6.45) is 0.898. The summed E-state index contributed by atoms with van der Waals surface area (Å²) in [6.45, 7) is 1.59. The lowest BCUT2D eigenvalue weighted by Crippen LogP contribution is -2.30. The first-order chi connectivity index (χ1) is 10.2. The molecule has 1 N–H and O–H groups in total. The number of carboxylic acid groups (broad SMARTS) is 1. The fourth-order valence-corrected chi connectivity index (χ4v) is 2.66. The highest BCUT2D eigenvalue weighted by atomic mass is 16.4. The maximum Gasteiger partial charge on any atom is 0.335 e. The van der Waals surface area contributed by atoms with Gasteiger partial charge in [-0.2, -0.15) is 5.26 Å². The van der Waals surface area contributed by atoms with Crippen molar-refractivity contribution in [3.8, 4) is 6.07 Å². The molecular formula is C17H14N2O2. The van der Waals surface area contributed by atoms with Gasteiger partial charge in [-0.05, 0) is 53.9 Å². The summed E-state index contributed by atoms with van der Waals surface area (Å²) < 4.78 is 0. The van der Waals surface area contributed by atoms with Gasteiger partial charge in [0.25, 0.3) is 0 Å². The van der Waals surface area contributed by atoms with Crippen molar-refractivity contribution in [2.45, 2.75) is 13.0 Å². The molecule has 2 aromatic rings. The highest BCUT2D eigenvalue weighted by molar-refractivity contribution is 5.88. The second-order valence-corrected chi connectivity index (χ2v) is 5.12. The predicted octanol–water partition coefficient (Wildman–Crippen LogP) is 2.82. The summed E-state index contributed by atoms with van der Waals surface area (Å²) in [5.74, 6) is -0.895.